The van der Waals surface area contributed by atoms with Crippen LogP contribution < -0.4 is 5.32 Å². The second-order valence-electron chi connectivity index (χ2n) is 8.79. The Kier molecular flexibility index (Phi) is 7.08. The van der Waals surface area contributed by atoms with Gasteiger partial charge in [0.1, 0.15) is 0 Å². The highest BCUT2D eigenvalue weighted by Crippen LogP contribution is 2.29. The van der Waals surface area contributed by atoms with Gasteiger partial charge in [-0.15, -0.1) is 0 Å². The molecule has 2 N–H and O–H groups in total. The fourth-order valence-corrected chi connectivity index (χ4v) is 4.59. The number of amides is 1. The number of aromatic nitrogens is 3. The minimum absolute atomic E-state index is 0.0188. The molecule has 0 spiro atoms. The summed E-state index contributed by atoms with van der Waals surface area (Å²) in [4.78, 5) is 17.2. The van der Waals surface area contributed by atoms with Gasteiger partial charge in [0.15, 0.2) is 6.23 Å². The summed E-state index contributed by atoms with van der Waals surface area (Å²) in [7, 11) is 0. The standard InChI is InChI=1S/C27H27ClN4O3/c28-22-8-9-25-23(13-22)24(31-32(25)26-3-1-2-10-35-26)16-30-27(34)21-12-20(14-29-15-21)11-18-4-6-19(17-33)7-5-18/h4-9,12-15,26,33H,1-3,10-11,16-17H2,(H,30,34). The molecule has 8 heteroatoms. The van der Waals surface area contributed by atoms with E-state index in [4.69, 9.17) is 21.4 Å². The average Bonchev–Trinajstić information content (AvgIpc) is 3.26. The predicted molar refractivity (Wildman–Crippen MR) is 134 cm³/mol. The zero-order valence-corrected chi connectivity index (χ0v) is 20.0. The van der Waals surface area contributed by atoms with E-state index in [9.17, 15) is 9.90 Å². The van der Waals surface area contributed by atoms with Crippen molar-refractivity contribution in [2.75, 3.05) is 6.61 Å². The van der Waals surface area contributed by atoms with E-state index in [1.165, 1.54) is 0 Å². The Hall–Kier alpha value is -3.26. The number of nitrogens with one attached hydrogen (secondary N) is 1. The number of hydrogen-bond acceptors (Lipinski definition) is 5. The number of fused-ring (bicyclic) bond motifs is 1. The van der Waals surface area contributed by atoms with Crippen LogP contribution in [0.4, 0.5) is 0 Å². The Bertz CT molecular complexity index is 1330. The summed E-state index contributed by atoms with van der Waals surface area (Å²) in [5.74, 6) is -0.214. The minimum Gasteiger partial charge on any atom is -0.392 e. The van der Waals surface area contributed by atoms with E-state index in [1.807, 2.05) is 53.2 Å². The number of carbonyl (C=O) groups excluding carboxylic acids is 1. The lowest BCUT2D eigenvalue weighted by Gasteiger charge is -2.23. The fraction of sp³-hybridized carbons (Fsp3) is 0.296. The topological polar surface area (TPSA) is 89.3 Å². The maximum absolute atomic E-state index is 13.0. The molecule has 1 unspecified atom stereocenters. The van der Waals surface area contributed by atoms with Gasteiger partial charge in [-0.25, -0.2) is 4.68 Å². The third-order valence-electron chi connectivity index (χ3n) is 6.26. The van der Waals surface area contributed by atoms with Crippen molar-refractivity contribution in [2.24, 2.45) is 0 Å². The molecule has 1 aliphatic heterocycles. The van der Waals surface area contributed by atoms with Crippen LogP contribution in [0.1, 0.15) is 58.2 Å². The highest BCUT2D eigenvalue weighted by atomic mass is 35.5. The summed E-state index contributed by atoms with van der Waals surface area (Å²) in [6.07, 6.45) is 6.94. The quantitative estimate of drug-likeness (QED) is 0.388. The zero-order valence-electron chi connectivity index (χ0n) is 19.3. The van der Waals surface area contributed by atoms with E-state index in [2.05, 4.69) is 10.3 Å². The number of rotatable bonds is 7. The third kappa shape index (κ3) is 5.37. The molecule has 7 nitrogen and oxygen atoms in total. The molecule has 5 rings (SSSR count). The molecule has 1 saturated heterocycles. The number of nitrogens with zero attached hydrogens (tertiary/aromatic N) is 3. The van der Waals surface area contributed by atoms with Gasteiger partial charge in [0.05, 0.1) is 29.9 Å². The average molecular weight is 491 g/mol. The van der Waals surface area contributed by atoms with Crippen molar-refractivity contribution in [1.29, 1.82) is 0 Å². The number of aliphatic hydroxyl groups is 1. The van der Waals surface area contributed by atoms with Gasteiger partial charge >= 0.3 is 0 Å². The maximum Gasteiger partial charge on any atom is 0.253 e. The molecule has 1 aliphatic rings. The lowest BCUT2D eigenvalue weighted by atomic mass is 10.0. The lowest BCUT2D eigenvalue weighted by Crippen LogP contribution is -2.24. The van der Waals surface area contributed by atoms with Crippen LogP contribution in [0.15, 0.2) is 60.9 Å². The minimum atomic E-state index is -0.214. The Morgan fingerprint density at radius 2 is 1.91 bits per heavy atom. The maximum atomic E-state index is 13.0. The van der Waals surface area contributed by atoms with Gasteiger partial charge in [0, 0.05) is 29.4 Å². The first-order chi connectivity index (χ1) is 17.1. The van der Waals surface area contributed by atoms with Crippen LogP contribution in [0.5, 0.6) is 0 Å². The SMILES string of the molecule is O=C(NCc1nn(C2CCCCO2)c2ccc(Cl)cc12)c1cncc(Cc2ccc(CO)cc2)c1. The van der Waals surface area contributed by atoms with Crippen LogP contribution in [0.25, 0.3) is 10.9 Å². The fourth-order valence-electron chi connectivity index (χ4n) is 4.42. The molecule has 0 aliphatic carbocycles. The Balaban J connectivity index is 1.31. The van der Waals surface area contributed by atoms with E-state index < -0.39 is 0 Å². The summed E-state index contributed by atoms with van der Waals surface area (Å²) in [5, 5.41) is 18.5. The summed E-state index contributed by atoms with van der Waals surface area (Å²) < 4.78 is 7.86. The molecule has 1 amide bonds. The van der Waals surface area contributed by atoms with Crippen molar-refractivity contribution >= 4 is 28.4 Å². The van der Waals surface area contributed by atoms with Gasteiger partial charge in [-0.05, 0) is 66.6 Å². The summed E-state index contributed by atoms with van der Waals surface area (Å²) >= 11 is 6.27. The van der Waals surface area contributed by atoms with Crippen molar-refractivity contribution in [2.45, 2.75) is 45.1 Å². The first kappa shape index (κ1) is 23.5. The van der Waals surface area contributed by atoms with Crippen LogP contribution in [0, 0.1) is 0 Å². The highest BCUT2D eigenvalue weighted by molar-refractivity contribution is 6.31. The number of halogens is 1. The predicted octanol–water partition coefficient (Wildman–Crippen LogP) is 4.80. The molecular weight excluding hydrogens is 464 g/mol. The molecule has 35 heavy (non-hydrogen) atoms. The first-order valence-corrected chi connectivity index (χ1v) is 12.2. The van der Waals surface area contributed by atoms with Crippen LogP contribution in [0.3, 0.4) is 0 Å². The third-order valence-corrected chi connectivity index (χ3v) is 6.50. The van der Waals surface area contributed by atoms with E-state index >= 15 is 0 Å². The summed E-state index contributed by atoms with van der Waals surface area (Å²) in [6, 6.07) is 15.3. The largest absolute Gasteiger partial charge is 0.392 e. The van der Waals surface area contributed by atoms with Gasteiger partial charge in [-0.2, -0.15) is 5.10 Å². The normalized spacial score (nSPS) is 15.9. The second-order valence-corrected chi connectivity index (χ2v) is 9.23. The molecule has 180 valence electrons. The molecule has 3 heterocycles. The molecule has 2 aromatic heterocycles. The molecule has 0 bridgehead atoms. The van der Waals surface area contributed by atoms with E-state index in [0.717, 1.165) is 59.2 Å². The summed E-state index contributed by atoms with van der Waals surface area (Å²) in [6.45, 7) is 1.01. The van der Waals surface area contributed by atoms with Crippen molar-refractivity contribution in [3.63, 3.8) is 0 Å². The number of benzene rings is 2. The van der Waals surface area contributed by atoms with Crippen LogP contribution in [0.2, 0.25) is 5.02 Å². The Morgan fingerprint density at radius 3 is 2.69 bits per heavy atom. The molecule has 0 radical (unpaired) electrons. The lowest BCUT2D eigenvalue weighted by molar-refractivity contribution is -0.0369. The van der Waals surface area contributed by atoms with E-state index in [1.54, 1.807) is 12.4 Å². The molecule has 1 atom stereocenters. The van der Waals surface area contributed by atoms with Gasteiger partial charge in [-0.1, -0.05) is 35.9 Å². The van der Waals surface area contributed by atoms with Crippen molar-refractivity contribution < 1.29 is 14.6 Å². The Labute approximate surface area is 208 Å². The number of ether oxygens (including phenoxy) is 1. The number of hydrogen-bond donors (Lipinski definition) is 2. The summed E-state index contributed by atoms with van der Waals surface area (Å²) in [5.41, 5.74) is 5.07. The molecule has 0 saturated carbocycles. The first-order valence-electron chi connectivity index (χ1n) is 11.8. The smallest absolute Gasteiger partial charge is 0.253 e. The molecular formula is C27H27ClN4O3. The van der Waals surface area contributed by atoms with Crippen molar-refractivity contribution in [1.82, 2.24) is 20.1 Å². The van der Waals surface area contributed by atoms with Crippen molar-refractivity contribution in [3.8, 4) is 0 Å². The number of aliphatic hydroxyl groups excluding tert-OH is 1. The van der Waals surface area contributed by atoms with Crippen molar-refractivity contribution in [3.05, 3.63) is 93.9 Å². The molecule has 4 aromatic rings. The number of pyridine rings is 1. The van der Waals surface area contributed by atoms with E-state index in [-0.39, 0.29) is 25.3 Å². The van der Waals surface area contributed by atoms with Gasteiger partial charge in [-0.3, -0.25) is 9.78 Å². The monoisotopic (exact) mass is 490 g/mol. The highest BCUT2D eigenvalue weighted by Gasteiger charge is 2.21. The zero-order chi connectivity index (χ0) is 24.2. The van der Waals surface area contributed by atoms with E-state index in [0.29, 0.717) is 17.0 Å². The van der Waals surface area contributed by atoms with Gasteiger partial charge < -0.3 is 15.2 Å². The van der Waals surface area contributed by atoms with Crippen LogP contribution in [-0.4, -0.2) is 32.4 Å². The second kappa shape index (κ2) is 10.6. The van der Waals surface area contributed by atoms with Gasteiger partial charge in [0.2, 0.25) is 0 Å². The molecule has 1 fully saturated rings. The number of carbonyl (C=O) groups is 1. The van der Waals surface area contributed by atoms with Gasteiger partial charge in [0.25, 0.3) is 5.91 Å². The van der Waals surface area contributed by atoms with Crippen LogP contribution >= 0.6 is 11.6 Å². The van der Waals surface area contributed by atoms with Crippen LogP contribution in [-0.2, 0) is 24.3 Å². The molecule has 2 aromatic carbocycles. The Morgan fingerprint density at radius 1 is 1.09 bits per heavy atom.